The molecule has 6 heteroatoms. The maximum absolute atomic E-state index is 10.9. The number of piperidine rings is 1. The van der Waals surface area contributed by atoms with Crippen LogP contribution >= 0.6 is 11.6 Å². The smallest absolute Gasteiger partial charge is 0.289 e. The van der Waals surface area contributed by atoms with Gasteiger partial charge in [-0.25, -0.2) is 0 Å². The number of hydrogen-bond donors (Lipinski definition) is 2. The zero-order valence-electron chi connectivity index (χ0n) is 11.6. The van der Waals surface area contributed by atoms with E-state index in [0.717, 1.165) is 18.7 Å². The maximum atomic E-state index is 10.9. The molecule has 0 aromatic heterocycles. The molecule has 0 aliphatic carbocycles. The molecule has 2 N–H and O–H groups in total. The minimum atomic E-state index is -0.457. The lowest BCUT2D eigenvalue weighted by Gasteiger charge is -2.27. The minimum Gasteiger partial charge on any atom is -0.382 e. The summed E-state index contributed by atoms with van der Waals surface area (Å²) in [5.74, 6) is 0. The molecule has 1 heterocycles. The van der Waals surface area contributed by atoms with E-state index < -0.39 is 4.92 Å². The van der Waals surface area contributed by atoms with Crippen LogP contribution in [0.5, 0.6) is 0 Å². The third kappa shape index (κ3) is 4.08. The summed E-state index contributed by atoms with van der Waals surface area (Å²) in [5.41, 5.74) is 0.684. The molecule has 1 saturated heterocycles. The molecule has 1 aliphatic rings. The molecule has 0 radical (unpaired) electrons. The number of halogens is 1. The highest BCUT2D eigenvalue weighted by Gasteiger charge is 2.17. The van der Waals surface area contributed by atoms with Crippen LogP contribution in [-0.2, 0) is 0 Å². The molecular weight excluding hydrogens is 278 g/mol. The molecule has 0 amide bonds. The van der Waals surface area contributed by atoms with Crippen molar-refractivity contribution in [1.82, 2.24) is 5.32 Å². The van der Waals surface area contributed by atoms with Gasteiger partial charge in [0.25, 0.3) is 5.69 Å². The standard InChI is InChI=1S/C14H20ClN3O2/c1-10(8-11-4-2-3-7-16-11)17-12-5-6-13(15)14(9-12)18(19)20/h5-6,9-11,16-17H,2-4,7-8H2,1H3. The zero-order chi connectivity index (χ0) is 14.5. The van der Waals surface area contributed by atoms with Gasteiger partial charge in [-0.05, 0) is 44.9 Å². The maximum Gasteiger partial charge on any atom is 0.289 e. The second-order valence-electron chi connectivity index (χ2n) is 5.35. The molecule has 0 saturated carbocycles. The average molecular weight is 298 g/mol. The van der Waals surface area contributed by atoms with Crippen LogP contribution in [0.2, 0.25) is 5.02 Å². The highest BCUT2D eigenvalue weighted by Crippen LogP contribution is 2.28. The van der Waals surface area contributed by atoms with Crippen LogP contribution in [0.4, 0.5) is 11.4 Å². The number of nitrogens with one attached hydrogen (secondary N) is 2. The summed E-state index contributed by atoms with van der Waals surface area (Å²) in [6.45, 7) is 3.18. The Labute approximate surface area is 123 Å². The summed E-state index contributed by atoms with van der Waals surface area (Å²) in [7, 11) is 0. The van der Waals surface area contributed by atoms with Crippen LogP contribution in [0.25, 0.3) is 0 Å². The Kier molecular flexibility index (Phi) is 5.20. The summed E-state index contributed by atoms with van der Waals surface area (Å²) in [5, 5.41) is 17.8. The molecule has 2 atom stereocenters. The molecule has 110 valence electrons. The van der Waals surface area contributed by atoms with Gasteiger partial charge in [-0.1, -0.05) is 18.0 Å². The lowest BCUT2D eigenvalue weighted by molar-refractivity contribution is -0.384. The number of anilines is 1. The van der Waals surface area contributed by atoms with Gasteiger partial charge in [0.15, 0.2) is 0 Å². The molecule has 20 heavy (non-hydrogen) atoms. The Balaban J connectivity index is 1.95. The highest BCUT2D eigenvalue weighted by molar-refractivity contribution is 6.32. The summed E-state index contributed by atoms with van der Waals surface area (Å²) >= 11 is 5.80. The molecule has 2 rings (SSSR count). The minimum absolute atomic E-state index is 0.0559. The van der Waals surface area contributed by atoms with Crippen LogP contribution < -0.4 is 10.6 Å². The van der Waals surface area contributed by atoms with E-state index in [4.69, 9.17) is 11.6 Å². The summed E-state index contributed by atoms with van der Waals surface area (Å²) in [6, 6.07) is 5.63. The van der Waals surface area contributed by atoms with Crippen molar-refractivity contribution in [2.75, 3.05) is 11.9 Å². The lowest BCUT2D eigenvalue weighted by atomic mass is 9.98. The summed E-state index contributed by atoms with van der Waals surface area (Å²) in [4.78, 5) is 10.4. The van der Waals surface area contributed by atoms with Crippen LogP contribution in [0, 0.1) is 10.1 Å². The fraction of sp³-hybridized carbons (Fsp3) is 0.571. The molecule has 0 bridgehead atoms. The monoisotopic (exact) mass is 297 g/mol. The van der Waals surface area contributed by atoms with E-state index in [-0.39, 0.29) is 16.8 Å². The van der Waals surface area contributed by atoms with Crippen molar-refractivity contribution < 1.29 is 4.92 Å². The van der Waals surface area contributed by atoms with Crippen molar-refractivity contribution in [1.29, 1.82) is 0 Å². The zero-order valence-corrected chi connectivity index (χ0v) is 12.3. The van der Waals surface area contributed by atoms with Crippen molar-refractivity contribution in [3.05, 3.63) is 33.3 Å². The van der Waals surface area contributed by atoms with Crippen molar-refractivity contribution in [2.24, 2.45) is 0 Å². The Hall–Kier alpha value is -1.33. The van der Waals surface area contributed by atoms with Crippen LogP contribution in [-0.4, -0.2) is 23.6 Å². The van der Waals surface area contributed by atoms with E-state index in [0.29, 0.717) is 6.04 Å². The Morgan fingerprint density at radius 3 is 3.00 bits per heavy atom. The number of nitrogens with zero attached hydrogens (tertiary/aromatic N) is 1. The normalized spacial score (nSPS) is 20.4. The Bertz CT molecular complexity index is 475. The van der Waals surface area contributed by atoms with E-state index in [2.05, 4.69) is 17.6 Å². The average Bonchev–Trinajstić information content (AvgIpc) is 2.41. The highest BCUT2D eigenvalue weighted by atomic mass is 35.5. The fourth-order valence-corrected chi connectivity index (χ4v) is 2.82. The van der Waals surface area contributed by atoms with Gasteiger partial charge in [0, 0.05) is 23.8 Å². The summed E-state index contributed by atoms with van der Waals surface area (Å²) in [6.07, 6.45) is 4.74. The van der Waals surface area contributed by atoms with Gasteiger partial charge >= 0.3 is 0 Å². The van der Waals surface area contributed by atoms with Crippen LogP contribution in [0.1, 0.15) is 32.6 Å². The predicted octanol–water partition coefficient (Wildman–Crippen LogP) is 3.58. The van der Waals surface area contributed by atoms with E-state index in [1.807, 2.05) is 0 Å². The van der Waals surface area contributed by atoms with E-state index >= 15 is 0 Å². The fourth-order valence-electron chi connectivity index (χ4n) is 2.64. The second-order valence-corrected chi connectivity index (χ2v) is 5.76. The van der Waals surface area contributed by atoms with Crippen molar-refractivity contribution in [3.63, 3.8) is 0 Å². The quantitative estimate of drug-likeness (QED) is 0.644. The molecule has 1 aromatic rings. The van der Waals surface area contributed by atoms with Gasteiger partial charge in [-0.2, -0.15) is 0 Å². The number of nitro groups is 1. The number of hydrogen-bond acceptors (Lipinski definition) is 4. The molecule has 0 spiro atoms. The third-order valence-corrected chi connectivity index (χ3v) is 3.93. The molecule has 1 aliphatic heterocycles. The SMILES string of the molecule is CC(CC1CCCCN1)Nc1ccc(Cl)c([N+](=O)[O-])c1. The number of rotatable bonds is 5. The predicted molar refractivity (Wildman–Crippen MR) is 81.4 cm³/mol. The van der Waals surface area contributed by atoms with E-state index in [1.165, 1.54) is 25.3 Å². The molecule has 5 nitrogen and oxygen atoms in total. The second kappa shape index (κ2) is 6.90. The molecular formula is C14H20ClN3O2. The van der Waals surface area contributed by atoms with Crippen LogP contribution in [0.15, 0.2) is 18.2 Å². The topological polar surface area (TPSA) is 67.2 Å². The molecule has 1 fully saturated rings. The Morgan fingerprint density at radius 1 is 1.55 bits per heavy atom. The third-order valence-electron chi connectivity index (χ3n) is 3.61. The summed E-state index contributed by atoms with van der Waals surface area (Å²) < 4.78 is 0. The number of benzene rings is 1. The van der Waals surface area contributed by atoms with Gasteiger partial charge in [0.05, 0.1) is 4.92 Å². The largest absolute Gasteiger partial charge is 0.382 e. The van der Waals surface area contributed by atoms with Gasteiger partial charge in [-0.15, -0.1) is 0 Å². The van der Waals surface area contributed by atoms with Gasteiger partial charge in [0.1, 0.15) is 5.02 Å². The first-order valence-corrected chi connectivity index (χ1v) is 7.38. The van der Waals surface area contributed by atoms with Crippen molar-refractivity contribution in [2.45, 2.75) is 44.7 Å². The van der Waals surface area contributed by atoms with Gasteiger partial charge < -0.3 is 10.6 Å². The lowest BCUT2D eigenvalue weighted by Crippen LogP contribution is -2.37. The Morgan fingerprint density at radius 2 is 2.35 bits per heavy atom. The number of nitro benzene ring substituents is 1. The van der Waals surface area contributed by atoms with Crippen LogP contribution in [0.3, 0.4) is 0 Å². The first-order valence-electron chi connectivity index (χ1n) is 7.00. The van der Waals surface area contributed by atoms with Gasteiger partial charge in [0.2, 0.25) is 0 Å². The van der Waals surface area contributed by atoms with E-state index in [1.54, 1.807) is 12.1 Å². The van der Waals surface area contributed by atoms with Gasteiger partial charge in [-0.3, -0.25) is 10.1 Å². The van der Waals surface area contributed by atoms with E-state index in [9.17, 15) is 10.1 Å². The molecule has 1 aromatic carbocycles. The first kappa shape index (κ1) is 15.1. The van der Waals surface area contributed by atoms with Crippen molar-refractivity contribution in [3.8, 4) is 0 Å². The first-order chi connectivity index (χ1) is 9.56. The molecule has 2 unspecified atom stereocenters. The van der Waals surface area contributed by atoms with Crippen molar-refractivity contribution >= 4 is 23.0 Å².